The van der Waals surface area contributed by atoms with E-state index in [4.69, 9.17) is 0 Å². The highest BCUT2D eigenvalue weighted by Crippen LogP contribution is 2.23. The first-order chi connectivity index (χ1) is 15.5. The molecule has 0 amide bonds. The van der Waals surface area contributed by atoms with E-state index in [0.717, 1.165) is 20.2 Å². The number of carbonyl (C=O) groups is 2. The van der Waals surface area contributed by atoms with Gasteiger partial charge in [-0.05, 0) is 38.1 Å². The Labute approximate surface area is 188 Å². The van der Waals surface area contributed by atoms with Gasteiger partial charge in [0.1, 0.15) is 5.71 Å². The molecule has 0 saturated heterocycles. The van der Waals surface area contributed by atoms with Crippen molar-refractivity contribution >= 4 is 49.2 Å². The van der Waals surface area contributed by atoms with E-state index in [1.165, 1.54) is 6.92 Å². The van der Waals surface area contributed by atoms with Crippen LogP contribution < -0.4 is 5.43 Å². The van der Waals surface area contributed by atoms with Crippen molar-refractivity contribution < 1.29 is 19.2 Å². The summed E-state index contributed by atoms with van der Waals surface area (Å²) in [6, 6.07) is 24.1. The molecule has 1 aromatic heterocycles. The first-order valence-electron chi connectivity index (χ1n) is 9.90. The number of ketones is 1. The third-order valence-electron chi connectivity index (χ3n) is 4.37. The summed E-state index contributed by atoms with van der Waals surface area (Å²) in [4.78, 5) is 39.1. The minimum atomic E-state index is -0.923. The van der Waals surface area contributed by atoms with Crippen LogP contribution in [0.2, 0.25) is 0 Å². The van der Waals surface area contributed by atoms with Gasteiger partial charge in [-0.15, -0.1) is 11.3 Å². The summed E-state index contributed by atoms with van der Waals surface area (Å²) in [6.45, 7) is 3.31. The van der Waals surface area contributed by atoms with Crippen LogP contribution in [0.3, 0.4) is 0 Å². The van der Waals surface area contributed by atoms with Gasteiger partial charge in [-0.25, -0.2) is 4.79 Å². The van der Waals surface area contributed by atoms with Gasteiger partial charge in [0.25, 0.3) is 0 Å². The van der Waals surface area contributed by atoms with Gasteiger partial charge >= 0.3 is 6.16 Å². The first-order valence-corrected chi connectivity index (χ1v) is 10.7. The summed E-state index contributed by atoms with van der Waals surface area (Å²) in [7, 11) is 0. The molecule has 4 rings (SSSR count). The second-order valence-electron chi connectivity index (χ2n) is 6.57. The first kappa shape index (κ1) is 22.8. The fourth-order valence-electron chi connectivity index (χ4n) is 2.84. The molecule has 0 aliphatic carbocycles. The van der Waals surface area contributed by atoms with E-state index in [-0.39, 0.29) is 23.5 Å². The molecule has 6 nitrogen and oxygen atoms in total. The summed E-state index contributed by atoms with van der Waals surface area (Å²) in [5, 5.41) is 5.05. The summed E-state index contributed by atoms with van der Waals surface area (Å²) >= 11 is 1.67. The van der Waals surface area contributed by atoms with Gasteiger partial charge < -0.3 is 4.74 Å². The highest BCUT2D eigenvalue weighted by atomic mass is 32.1. The van der Waals surface area contributed by atoms with Crippen LogP contribution in [0.15, 0.2) is 88.8 Å². The average molecular weight is 448 g/mol. The van der Waals surface area contributed by atoms with E-state index < -0.39 is 6.16 Å². The Morgan fingerprint density at radius 3 is 1.94 bits per heavy atom. The zero-order valence-corrected chi connectivity index (χ0v) is 18.4. The monoisotopic (exact) mass is 447 g/mol. The highest BCUT2D eigenvalue weighted by molar-refractivity contribution is 7.24. The molecule has 32 heavy (non-hydrogen) atoms. The van der Waals surface area contributed by atoms with Crippen LogP contribution in [0, 0.1) is 0 Å². The Morgan fingerprint density at radius 1 is 0.844 bits per heavy atom. The van der Waals surface area contributed by atoms with E-state index in [9.17, 15) is 14.4 Å². The van der Waals surface area contributed by atoms with Gasteiger partial charge in [-0.3, -0.25) is 14.4 Å². The molecule has 0 aliphatic rings. The maximum atomic E-state index is 12.1. The van der Waals surface area contributed by atoms with Gasteiger partial charge in [0.15, 0.2) is 5.43 Å². The fraction of sp³-hybridized carbons (Fsp3) is 0.120. The second kappa shape index (κ2) is 11.0. The lowest BCUT2D eigenvalue weighted by Gasteiger charge is -2.00. The highest BCUT2D eigenvalue weighted by Gasteiger charge is 2.11. The predicted molar refractivity (Wildman–Crippen MR) is 128 cm³/mol. The molecule has 3 aromatic carbocycles. The Balaban J connectivity index is 0.000000181. The number of oxime groups is 1. The zero-order chi connectivity index (χ0) is 22.9. The third-order valence-corrected chi connectivity index (χ3v) is 5.52. The van der Waals surface area contributed by atoms with E-state index in [1.54, 1.807) is 48.6 Å². The SMILES string of the molecule is CCOC(=O)ON=C(C)C(=O)c1ccccc1.O=c1c2ccccc2sc2ccccc12. The normalized spacial score (nSPS) is 10.9. The van der Waals surface area contributed by atoms with Crippen LogP contribution in [0.5, 0.6) is 0 Å². The molecule has 0 saturated carbocycles. The molecule has 162 valence electrons. The molecule has 0 fully saturated rings. The van der Waals surface area contributed by atoms with Crippen molar-refractivity contribution in [3.05, 3.63) is 94.6 Å². The zero-order valence-electron chi connectivity index (χ0n) is 17.6. The molecule has 0 radical (unpaired) electrons. The number of fused-ring (bicyclic) bond motifs is 2. The molecule has 0 aliphatic heterocycles. The number of rotatable bonds is 4. The molecule has 0 bridgehead atoms. The molecular formula is C25H21NO5S. The largest absolute Gasteiger partial charge is 0.535 e. The number of hydrogen-bond acceptors (Lipinski definition) is 7. The Hall–Kier alpha value is -3.84. The predicted octanol–water partition coefficient (Wildman–Crippen LogP) is 5.83. The number of hydrogen-bond donors (Lipinski definition) is 0. The maximum absolute atomic E-state index is 12.1. The summed E-state index contributed by atoms with van der Waals surface area (Å²) in [5.41, 5.74) is 0.713. The topological polar surface area (TPSA) is 82.0 Å². The molecular weight excluding hydrogens is 426 g/mol. The minimum Gasteiger partial charge on any atom is -0.433 e. The molecule has 0 spiro atoms. The quantitative estimate of drug-likeness (QED) is 0.0981. The smallest absolute Gasteiger partial charge is 0.433 e. The Morgan fingerprint density at radius 2 is 1.38 bits per heavy atom. The summed E-state index contributed by atoms with van der Waals surface area (Å²) in [5.74, 6) is -0.296. The van der Waals surface area contributed by atoms with E-state index in [0.29, 0.717) is 5.56 Å². The molecule has 7 heteroatoms. The van der Waals surface area contributed by atoms with Gasteiger partial charge in [0.2, 0.25) is 5.78 Å². The van der Waals surface area contributed by atoms with Crippen LogP contribution >= 0.6 is 11.3 Å². The van der Waals surface area contributed by atoms with Crippen molar-refractivity contribution in [1.29, 1.82) is 0 Å². The van der Waals surface area contributed by atoms with Crippen LogP contribution in [-0.4, -0.2) is 24.3 Å². The number of carbonyl (C=O) groups excluding carboxylic acids is 2. The van der Waals surface area contributed by atoms with Gasteiger partial charge in [0.05, 0.1) is 6.61 Å². The standard InChI is InChI=1S/C13H8OS.C12H13NO4/c14-13-9-5-1-3-7-11(9)15-12-8-4-2-6-10(12)13;1-3-16-12(15)17-13-9(2)11(14)10-7-5-4-6-8-10/h1-8H;4-8H,3H2,1-2H3. The van der Waals surface area contributed by atoms with Crippen LogP contribution in [0.1, 0.15) is 24.2 Å². The van der Waals surface area contributed by atoms with Crippen molar-refractivity contribution in [3.8, 4) is 0 Å². The number of benzene rings is 3. The Kier molecular flexibility index (Phi) is 7.83. The molecule has 4 aromatic rings. The Bertz CT molecular complexity index is 1270. The van der Waals surface area contributed by atoms with Crippen molar-refractivity contribution in [3.63, 3.8) is 0 Å². The van der Waals surface area contributed by atoms with Crippen LogP contribution in [0.25, 0.3) is 20.2 Å². The lowest BCUT2D eigenvalue weighted by atomic mass is 10.1. The molecule has 1 heterocycles. The number of ether oxygens (including phenoxy) is 1. The van der Waals surface area contributed by atoms with E-state index in [2.05, 4.69) is 14.7 Å². The van der Waals surface area contributed by atoms with Crippen molar-refractivity contribution in [2.45, 2.75) is 13.8 Å². The third kappa shape index (κ3) is 5.65. The van der Waals surface area contributed by atoms with Crippen molar-refractivity contribution in [2.24, 2.45) is 5.16 Å². The molecule has 0 atom stereocenters. The molecule has 0 unspecified atom stereocenters. The van der Waals surface area contributed by atoms with Crippen LogP contribution in [-0.2, 0) is 9.57 Å². The summed E-state index contributed by atoms with van der Waals surface area (Å²) in [6.07, 6.45) is -0.923. The van der Waals surface area contributed by atoms with Crippen molar-refractivity contribution in [1.82, 2.24) is 0 Å². The van der Waals surface area contributed by atoms with E-state index in [1.807, 2.05) is 48.5 Å². The van der Waals surface area contributed by atoms with Gasteiger partial charge in [0, 0.05) is 25.7 Å². The van der Waals surface area contributed by atoms with Gasteiger partial charge in [-0.2, -0.15) is 0 Å². The van der Waals surface area contributed by atoms with Crippen molar-refractivity contribution in [2.75, 3.05) is 6.61 Å². The van der Waals surface area contributed by atoms with Crippen LogP contribution in [0.4, 0.5) is 4.79 Å². The minimum absolute atomic E-state index is 0.0873. The second-order valence-corrected chi connectivity index (χ2v) is 7.65. The summed E-state index contributed by atoms with van der Waals surface area (Å²) < 4.78 is 6.61. The van der Waals surface area contributed by atoms with E-state index >= 15 is 0 Å². The maximum Gasteiger partial charge on any atom is 0.535 e. The fourth-order valence-corrected chi connectivity index (χ4v) is 3.91. The number of nitrogens with zero attached hydrogens (tertiary/aromatic N) is 1. The lowest BCUT2D eigenvalue weighted by Crippen LogP contribution is -2.12. The van der Waals surface area contributed by atoms with Gasteiger partial charge in [-0.1, -0.05) is 59.8 Å². The molecule has 0 N–H and O–H groups in total. The average Bonchev–Trinajstić information content (AvgIpc) is 2.83. The number of Topliss-reactive ketones (excluding diaryl/α,β-unsaturated/α-hetero) is 1. The lowest BCUT2D eigenvalue weighted by molar-refractivity contribution is 0.0610.